The van der Waals surface area contributed by atoms with Crippen LogP contribution in [0.1, 0.15) is 31.4 Å². The van der Waals surface area contributed by atoms with Crippen molar-refractivity contribution in [3.05, 3.63) is 22.6 Å². The van der Waals surface area contributed by atoms with E-state index in [0.717, 1.165) is 10.2 Å². The Morgan fingerprint density at radius 3 is 2.79 bits per heavy atom. The molecule has 0 spiro atoms. The summed E-state index contributed by atoms with van der Waals surface area (Å²) < 4.78 is 6.65. The highest BCUT2D eigenvalue weighted by atomic mass is 79.9. The van der Waals surface area contributed by atoms with Gasteiger partial charge in [0, 0.05) is 12.0 Å². The predicted molar refractivity (Wildman–Crippen MR) is 60.4 cm³/mol. The summed E-state index contributed by atoms with van der Waals surface area (Å²) in [4.78, 5) is 0. The van der Waals surface area contributed by atoms with Gasteiger partial charge in [-0.15, -0.1) is 0 Å². The SMILES string of the molecule is CNC1CCC(c2occc2Br)C1C. The molecule has 0 aromatic carbocycles. The Kier molecular flexibility index (Phi) is 2.98. The number of rotatable bonds is 2. The maximum atomic E-state index is 5.54. The lowest BCUT2D eigenvalue weighted by atomic mass is 9.93. The lowest BCUT2D eigenvalue weighted by Gasteiger charge is -2.18. The molecule has 1 N–H and O–H groups in total. The lowest BCUT2D eigenvalue weighted by molar-refractivity contribution is 0.376. The zero-order valence-electron chi connectivity index (χ0n) is 8.59. The summed E-state index contributed by atoms with van der Waals surface area (Å²) in [7, 11) is 2.04. The summed E-state index contributed by atoms with van der Waals surface area (Å²) in [5.41, 5.74) is 0. The van der Waals surface area contributed by atoms with Crippen LogP contribution in [0.2, 0.25) is 0 Å². The molecule has 2 rings (SSSR count). The number of halogens is 1. The van der Waals surface area contributed by atoms with Crippen LogP contribution >= 0.6 is 15.9 Å². The van der Waals surface area contributed by atoms with E-state index in [1.54, 1.807) is 6.26 Å². The fraction of sp³-hybridized carbons (Fsp3) is 0.636. The van der Waals surface area contributed by atoms with Gasteiger partial charge in [-0.1, -0.05) is 6.92 Å². The van der Waals surface area contributed by atoms with E-state index in [4.69, 9.17) is 4.42 Å². The first-order valence-electron chi connectivity index (χ1n) is 5.14. The molecule has 1 fully saturated rings. The Bertz CT molecular complexity index is 310. The molecule has 0 radical (unpaired) electrons. The van der Waals surface area contributed by atoms with Crippen LogP contribution in [-0.2, 0) is 0 Å². The van der Waals surface area contributed by atoms with Gasteiger partial charge in [0.25, 0.3) is 0 Å². The fourth-order valence-corrected chi connectivity index (χ4v) is 3.01. The standard InChI is InChI=1S/C11H16BrNO/c1-7-8(3-4-10(7)13-2)11-9(12)5-6-14-11/h5-8,10,13H,3-4H2,1-2H3. The zero-order chi connectivity index (χ0) is 10.1. The topological polar surface area (TPSA) is 25.2 Å². The highest BCUT2D eigenvalue weighted by molar-refractivity contribution is 9.10. The van der Waals surface area contributed by atoms with E-state index in [1.807, 2.05) is 13.1 Å². The van der Waals surface area contributed by atoms with Gasteiger partial charge in [-0.2, -0.15) is 0 Å². The minimum atomic E-state index is 0.567. The van der Waals surface area contributed by atoms with Gasteiger partial charge < -0.3 is 9.73 Å². The van der Waals surface area contributed by atoms with Crippen molar-refractivity contribution >= 4 is 15.9 Å². The molecule has 1 aromatic rings. The molecule has 3 atom stereocenters. The first-order valence-corrected chi connectivity index (χ1v) is 5.93. The number of furan rings is 1. The van der Waals surface area contributed by atoms with Crippen molar-refractivity contribution in [1.82, 2.24) is 5.32 Å². The first kappa shape index (κ1) is 10.2. The largest absolute Gasteiger partial charge is 0.468 e. The minimum Gasteiger partial charge on any atom is -0.468 e. The fourth-order valence-electron chi connectivity index (χ4n) is 2.51. The Morgan fingerprint density at radius 2 is 2.29 bits per heavy atom. The summed E-state index contributed by atoms with van der Waals surface area (Å²) in [5.74, 6) is 2.34. The average molecular weight is 258 g/mol. The number of hydrogen-bond donors (Lipinski definition) is 1. The molecule has 2 nitrogen and oxygen atoms in total. The van der Waals surface area contributed by atoms with Crippen LogP contribution in [0.3, 0.4) is 0 Å². The van der Waals surface area contributed by atoms with Crippen LogP contribution in [0, 0.1) is 5.92 Å². The number of nitrogens with one attached hydrogen (secondary N) is 1. The van der Waals surface area contributed by atoms with Crippen molar-refractivity contribution in [2.45, 2.75) is 31.7 Å². The van der Waals surface area contributed by atoms with Crippen LogP contribution in [0.25, 0.3) is 0 Å². The van der Waals surface area contributed by atoms with Gasteiger partial charge in [-0.3, -0.25) is 0 Å². The van der Waals surface area contributed by atoms with E-state index in [0.29, 0.717) is 17.9 Å². The average Bonchev–Trinajstić information content (AvgIpc) is 2.72. The Morgan fingerprint density at radius 1 is 1.50 bits per heavy atom. The number of hydrogen-bond acceptors (Lipinski definition) is 2. The maximum Gasteiger partial charge on any atom is 0.121 e. The molecule has 0 bridgehead atoms. The molecule has 0 amide bonds. The Labute approximate surface area is 93.2 Å². The van der Waals surface area contributed by atoms with Crippen molar-refractivity contribution in [3.8, 4) is 0 Å². The summed E-state index contributed by atoms with van der Waals surface area (Å²) >= 11 is 3.53. The van der Waals surface area contributed by atoms with E-state index in [-0.39, 0.29) is 0 Å². The van der Waals surface area contributed by atoms with Gasteiger partial charge in [0.1, 0.15) is 5.76 Å². The molecule has 0 saturated heterocycles. The summed E-state index contributed by atoms with van der Waals surface area (Å²) in [5, 5.41) is 3.37. The van der Waals surface area contributed by atoms with Crippen LogP contribution in [0.4, 0.5) is 0 Å². The third-order valence-corrected chi connectivity index (χ3v) is 4.07. The third kappa shape index (κ3) is 1.63. The molecule has 1 aromatic heterocycles. The molecule has 3 heteroatoms. The summed E-state index contributed by atoms with van der Waals surface area (Å²) in [6.45, 7) is 2.30. The quantitative estimate of drug-likeness (QED) is 0.881. The van der Waals surface area contributed by atoms with Gasteiger partial charge in [-0.05, 0) is 47.8 Å². The molecule has 14 heavy (non-hydrogen) atoms. The zero-order valence-corrected chi connectivity index (χ0v) is 10.2. The van der Waals surface area contributed by atoms with Gasteiger partial charge in [-0.25, -0.2) is 0 Å². The molecule has 1 aliphatic rings. The normalized spacial score (nSPS) is 32.4. The molecule has 78 valence electrons. The Balaban J connectivity index is 2.18. The van der Waals surface area contributed by atoms with Crippen LogP contribution in [0.15, 0.2) is 21.2 Å². The molecule has 1 saturated carbocycles. The Hall–Kier alpha value is -0.280. The van der Waals surface area contributed by atoms with Crippen molar-refractivity contribution in [3.63, 3.8) is 0 Å². The molecule has 0 aliphatic heterocycles. The maximum absolute atomic E-state index is 5.54. The summed E-state index contributed by atoms with van der Waals surface area (Å²) in [6, 6.07) is 2.62. The highest BCUT2D eigenvalue weighted by Gasteiger charge is 2.35. The molecule has 3 unspecified atom stereocenters. The highest BCUT2D eigenvalue weighted by Crippen LogP contribution is 2.42. The second-order valence-electron chi connectivity index (χ2n) is 4.07. The van der Waals surface area contributed by atoms with E-state index in [9.17, 15) is 0 Å². The van der Waals surface area contributed by atoms with E-state index in [1.165, 1.54) is 12.8 Å². The van der Waals surface area contributed by atoms with E-state index < -0.39 is 0 Å². The predicted octanol–water partition coefficient (Wildman–Crippen LogP) is 3.14. The van der Waals surface area contributed by atoms with Gasteiger partial charge in [0.2, 0.25) is 0 Å². The lowest BCUT2D eigenvalue weighted by Crippen LogP contribution is -2.28. The van der Waals surface area contributed by atoms with E-state index >= 15 is 0 Å². The van der Waals surface area contributed by atoms with Crippen molar-refractivity contribution in [2.24, 2.45) is 5.92 Å². The monoisotopic (exact) mass is 257 g/mol. The van der Waals surface area contributed by atoms with Crippen LogP contribution in [-0.4, -0.2) is 13.1 Å². The van der Waals surface area contributed by atoms with Crippen molar-refractivity contribution in [1.29, 1.82) is 0 Å². The molecule has 1 aliphatic carbocycles. The molecule has 1 heterocycles. The summed E-state index contributed by atoms with van der Waals surface area (Å²) in [6.07, 6.45) is 4.23. The van der Waals surface area contributed by atoms with Crippen LogP contribution < -0.4 is 5.32 Å². The second-order valence-corrected chi connectivity index (χ2v) is 4.93. The smallest absolute Gasteiger partial charge is 0.121 e. The van der Waals surface area contributed by atoms with Gasteiger partial charge in [0.05, 0.1) is 10.7 Å². The third-order valence-electron chi connectivity index (χ3n) is 3.41. The van der Waals surface area contributed by atoms with Gasteiger partial charge >= 0.3 is 0 Å². The van der Waals surface area contributed by atoms with Crippen molar-refractivity contribution in [2.75, 3.05) is 7.05 Å². The van der Waals surface area contributed by atoms with Crippen LogP contribution in [0.5, 0.6) is 0 Å². The van der Waals surface area contributed by atoms with Crippen molar-refractivity contribution < 1.29 is 4.42 Å². The molecular formula is C11H16BrNO. The minimum absolute atomic E-state index is 0.567. The first-order chi connectivity index (χ1) is 6.74. The molecular weight excluding hydrogens is 242 g/mol. The van der Waals surface area contributed by atoms with Gasteiger partial charge in [0.15, 0.2) is 0 Å². The second kappa shape index (κ2) is 4.07. The van der Waals surface area contributed by atoms with E-state index in [2.05, 4.69) is 28.2 Å².